The molecule has 0 radical (unpaired) electrons. The lowest BCUT2D eigenvalue weighted by Crippen LogP contribution is -2.38. The number of benzene rings is 1. The van der Waals surface area contributed by atoms with Gasteiger partial charge in [0.2, 0.25) is 0 Å². The minimum atomic E-state index is -0.516. The summed E-state index contributed by atoms with van der Waals surface area (Å²) in [6.45, 7) is 4.23. The van der Waals surface area contributed by atoms with Gasteiger partial charge in [0.15, 0.2) is 5.82 Å². The van der Waals surface area contributed by atoms with Crippen LogP contribution in [-0.4, -0.2) is 41.9 Å². The molecule has 1 aromatic carbocycles. The van der Waals surface area contributed by atoms with E-state index in [1.807, 2.05) is 0 Å². The normalized spacial score (nSPS) is 23.3. The molecule has 4 heterocycles. The van der Waals surface area contributed by atoms with Crippen molar-refractivity contribution in [3.63, 3.8) is 0 Å². The van der Waals surface area contributed by atoms with Crippen molar-refractivity contribution < 1.29 is 9.50 Å². The third-order valence-electron chi connectivity index (χ3n) is 5.95. The Morgan fingerprint density at radius 3 is 2.66 bits per heavy atom. The molecular formula is C21H21FN6O. The van der Waals surface area contributed by atoms with Gasteiger partial charge in [-0.25, -0.2) is 14.4 Å². The number of nitrogens with zero attached hydrogens (tertiary/aromatic N) is 5. The Kier molecular flexibility index (Phi) is 4.35. The Morgan fingerprint density at radius 2 is 2.00 bits per heavy atom. The highest BCUT2D eigenvalue weighted by Gasteiger charge is 2.35. The predicted molar refractivity (Wildman–Crippen MR) is 106 cm³/mol. The van der Waals surface area contributed by atoms with E-state index in [0.29, 0.717) is 23.7 Å². The fraction of sp³-hybridized carbons (Fsp3) is 0.333. The molecule has 8 heteroatoms. The van der Waals surface area contributed by atoms with E-state index in [4.69, 9.17) is 0 Å². The first kappa shape index (κ1) is 17.9. The highest BCUT2D eigenvalue weighted by Crippen LogP contribution is 2.37. The predicted octanol–water partition coefficient (Wildman–Crippen LogP) is 3.11. The second-order valence-corrected chi connectivity index (χ2v) is 7.79. The second-order valence-electron chi connectivity index (χ2n) is 7.79. The summed E-state index contributed by atoms with van der Waals surface area (Å²) in [5, 5.41) is 22.4. The number of phenolic OH excluding ortho intramolecular Hbond substituents is 1. The summed E-state index contributed by atoms with van der Waals surface area (Å²) in [5.41, 5.74) is 1.98. The van der Waals surface area contributed by atoms with Crippen LogP contribution in [0.25, 0.3) is 22.6 Å². The minimum Gasteiger partial charge on any atom is -0.507 e. The van der Waals surface area contributed by atoms with Gasteiger partial charge in [0.1, 0.15) is 17.3 Å². The van der Waals surface area contributed by atoms with Crippen molar-refractivity contribution in [3.05, 3.63) is 55.1 Å². The van der Waals surface area contributed by atoms with Crippen LogP contribution >= 0.6 is 0 Å². The summed E-state index contributed by atoms with van der Waals surface area (Å²) in [6.07, 6.45) is 10.8. The standard InChI is InChI=1S/C21H21FN6O/c1-12(13-6-14-2-3-15(7-13)25-14)18-10-24-21(27-26-18)16-8-17(22)19(9-20(16)29)28-5-4-23-11-28/h4-5,8-11,13-15,25,29H,1-3,6-7H2. The van der Waals surface area contributed by atoms with Crippen molar-refractivity contribution in [2.45, 2.75) is 37.8 Å². The van der Waals surface area contributed by atoms with E-state index < -0.39 is 5.82 Å². The number of allylic oxidation sites excluding steroid dienone is 1. The van der Waals surface area contributed by atoms with E-state index in [-0.39, 0.29) is 22.8 Å². The molecule has 0 aliphatic carbocycles. The molecule has 5 rings (SSSR count). The lowest BCUT2D eigenvalue weighted by molar-refractivity contribution is 0.351. The van der Waals surface area contributed by atoms with Gasteiger partial charge in [-0.3, -0.25) is 0 Å². The number of halogens is 1. The highest BCUT2D eigenvalue weighted by atomic mass is 19.1. The molecule has 2 saturated heterocycles. The monoisotopic (exact) mass is 392 g/mol. The maximum atomic E-state index is 14.6. The molecule has 2 bridgehead atoms. The number of phenols is 1. The van der Waals surface area contributed by atoms with Crippen LogP contribution in [-0.2, 0) is 0 Å². The molecule has 29 heavy (non-hydrogen) atoms. The van der Waals surface area contributed by atoms with Crippen LogP contribution in [0.15, 0.2) is 43.6 Å². The summed E-state index contributed by atoms with van der Waals surface area (Å²) in [5.74, 6) is -0.104. The molecular weight excluding hydrogens is 371 g/mol. The number of hydrogen-bond donors (Lipinski definition) is 2. The maximum absolute atomic E-state index is 14.6. The van der Waals surface area contributed by atoms with Gasteiger partial charge in [0, 0.05) is 30.5 Å². The van der Waals surface area contributed by atoms with E-state index in [2.05, 4.69) is 32.1 Å². The molecule has 148 valence electrons. The van der Waals surface area contributed by atoms with Crippen LogP contribution in [0.1, 0.15) is 31.4 Å². The van der Waals surface area contributed by atoms with Gasteiger partial charge >= 0.3 is 0 Å². The van der Waals surface area contributed by atoms with Crippen molar-refractivity contribution in [2.75, 3.05) is 0 Å². The van der Waals surface area contributed by atoms with Gasteiger partial charge in [-0.05, 0) is 43.2 Å². The molecule has 2 fully saturated rings. The molecule has 2 aromatic heterocycles. The molecule has 2 aliphatic heterocycles. The third-order valence-corrected chi connectivity index (χ3v) is 5.95. The molecule has 3 aromatic rings. The Hall–Kier alpha value is -3.13. The van der Waals surface area contributed by atoms with E-state index in [1.54, 1.807) is 12.4 Å². The molecule has 0 amide bonds. The summed E-state index contributed by atoms with van der Waals surface area (Å²) in [7, 11) is 0. The zero-order valence-corrected chi connectivity index (χ0v) is 15.8. The van der Waals surface area contributed by atoms with Crippen molar-refractivity contribution >= 4 is 5.57 Å². The van der Waals surface area contributed by atoms with E-state index in [0.717, 1.165) is 18.4 Å². The van der Waals surface area contributed by atoms with Gasteiger partial charge in [0.25, 0.3) is 0 Å². The number of rotatable bonds is 4. The molecule has 2 aliphatic rings. The molecule has 2 atom stereocenters. The molecule has 0 saturated carbocycles. The summed E-state index contributed by atoms with van der Waals surface area (Å²) in [6, 6.07) is 3.66. The Balaban J connectivity index is 1.39. The molecule has 0 spiro atoms. The van der Waals surface area contributed by atoms with Gasteiger partial charge in [-0.2, -0.15) is 0 Å². The first-order valence-electron chi connectivity index (χ1n) is 9.74. The fourth-order valence-electron chi connectivity index (χ4n) is 4.43. The van der Waals surface area contributed by atoms with Crippen LogP contribution in [0.2, 0.25) is 0 Å². The SMILES string of the molecule is C=C(c1cnc(-c2cc(F)c(-n3ccnc3)cc2O)nn1)C1CC2CCC(C1)N2. The fourth-order valence-corrected chi connectivity index (χ4v) is 4.43. The highest BCUT2D eigenvalue weighted by molar-refractivity contribution is 5.67. The van der Waals surface area contributed by atoms with Crippen LogP contribution in [0.3, 0.4) is 0 Å². The van der Waals surface area contributed by atoms with Crippen LogP contribution in [0, 0.1) is 11.7 Å². The lowest BCUT2D eigenvalue weighted by Gasteiger charge is -2.30. The first-order valence-corrected chi connectivity index (χ1v) is 9.74. The number of aromatic hydroxyl groups is 1. The van der Waals surface area contributed by atoms with Crippen molar-refractivity contribution in [3.8, 4) is 22.8 Å². The number of piperidine rings is 1. The summed E-state index contributed by atoms with van der Waals surface area (Å²) in [4.78, 5) is 8.21. The zero-order valence-electron chi connectivity index (χ0n) is 15.8. The maximum Gasteiger partial charge on any atom is 0.185 e. The van der Waals surface area contributed by atoms with E-state index >= 15 is 0 Å². The van der Waals surface area contributed by atoms with Gasteiger partial charge < -0.3 is 15.0 Å². The zero-order chi connectivity index (χ0) is 20.0. The van der Waals surface area contributed by atoms with Crippen molar-refractivity contribution in [1.82, 2.24) is 30.0 Å². The van der Waals surface area contributed by atoms with Crippen LogP contribution in [0.4, 0.5) is 4.39 Å². The molecule has 2 unspecified atom stereocenters. The molecule has 7 nitrogen and oxygen atoms in total. The van der Waals surface area contributed by atoms with E-state index in [9.17, 15) is 9.50 Å². The van der Waals surface area contributed by atoms with Gasteiger partial charge in [-0.15, -0.1) is 10.2 Å². The Bertz CT molecular complexity index is 1040. The van der Waals surface area contributed by atoms with Crippen LogP contribution in [0.5, 0.6) is 5.75 Å². The number of aromatic nitrogens is 5. The van der Waals surface area contributed by atoms with Gasteiger partial charge in [0.05, 0.1) is 23.8 Å². The quantitative estimate of drug-likeness (QED) is 0.709. The lowest BCUT2D eigenvalue weighted by atomic mass is 9.85. The third kappa shape index (κ3) is 3.29. The van der Waals surface area contributed by atoms with Gasteiger partial charge in [-0.1, -0.05) is 6.58 Å². The van der Waals surface area contributed by atoms with E-state index in [1.165, 1.54) is 42.1 Å². The summed E-state index contributed by atoms with van der Waals surface area (Å²) < 4.78 is 16.0. The first-order chi connectivity index (χ1) is 14.1. The number of fused-ring (bicyclic) bond motifs is 2. The van der Waals surface area contributed by atoms with Crippen LogP contribution < -0.4 is 5.32 Å². The summed E-state index contributed by atoms with van der Waals surface area (Å²) >= 11 is 0. The minimum absolute atomic E-state index is 0.126. The number of imidazole rings is 1. The smallest absolute Gasteiger partial charge is 0.185 e. The Morgan fingerprint density at radius 1 is 1.21 bits per heavy atom. The number of nitrogens with one attached hydrogen (secondary N) is 1. The Labute approximate surface area is 167 Å². The number of hydrogen-bond acceptors (Lipinski definition) is 6. The molecule has 2 N–H and O–H groups in total. The largest absolute Gasteiger partial charge is 0.507 e. The average molecular weight is 392 g/mol. The second kappa shape index (κ2) is 7.04. The van der Waals surface area contributed by atoms with Crippen molar-refractivity contribution in [2.24, 2.45) is 5.92 Å². The topological polar surface area (TPSA) is 88.8 Å². The van der Waals surface area contributed by atoms with Crippen molar-refractivity contribution in [1.29, 1.82) is 0 Å². The average Bonchev–Trinajstić information content (AvgIpc) is 3.38.